The molecule has 4 heteroatoms. The molecule has 0 aliphatic heterocycles. The van der Waals surface area contributed by atoms with Gasteiger partial charge in [-0.3, -0.25) is 0 Å². The largest absolute Gasteiger partial charge is 0.476 e. The predicted molar refractivity (Wildman–Crippen MR) is 64.6 cm³/mol. The van der Waals surface area contributed by atoms with Crippen molar-refractivity contribution in [1.29, 1.82) is 0 Å². The molecule has 0 bridgehead atoms. The zero-order valence-electron chi connectivity index (χ0n) is 9.79. The number of benzene rings is 1. The lowest BCUT2D eigenvalue weighted by molar-refractivity contribution is 0.0690. The number of carbonyl (C=O) groups is 1. The maximum absolute atomic E-state index is 10.7. The van der Waals surface area contributed by atoms with Gasteiger partial charge < -0.3 is 5.11 Å². The molecule has 0 spiro atoms. The zero-order valence-corrected chi connectivity index (χ0v) is 9.79. The molecule has 0 amide bonds. The van der Waals surface area contributed by atoms with Gasteiger partial charge in [-0.25, -0.2) is 9.48 Å². The number of aromatic nitrogens is 2. The maximum Gasteiger partial charge on any atom is 0.356 e. The summed E-state index contributed by atoms with van der Waals surface area (Å²) in [7, 11) is 0. The summed E-state index contributed by atoms with van der Waals surface area (Å²) in [5.74, 6) is -0.576. The van der Waals surface area contributed by atoms with Gasteiger partial charge >= 0.3 is 5.97 Å². The molecule has 17 heavy (non-hydrogen) atoms. The lowest BCUT2D eigenvalue weighted by Crippen LogP contribution is -2.01. The van der Waals surface area contributed by atoms with Gasteiger partial charge in [0.15, 0.2) is 5.69 Å². The van der Waals surface area contributed by atoms with Gasteiger partial charge in [0, 0.05) is 6.20 Å². The first kappa shape index (κ1) is 11.4. The summed E-state index contributed by atoms with van der Waals surface area (Å²) in [6.45, 7) is 4.23. The van der Waals surface area contributed by atoms with Crippen molar-refractivity contribution in [2.75, 3.05) is 0 Å². The van der Waals surface area contributed by atoms with Crippen molar-refractivity contribution in [1.82, 2.24) is 9.78 Å². The smallest absolute Gasteiger partial charge is 0.356 e. The number of aromatic carboxylic acids is 1. The number of rotatable bonds is 3. The Hall–Kier alpha value is -2.10. The van der Waals surface area contributed by atoms with Crippen LogP contribution in [0, 0.1) is 0 Å². The van der Waals surface area contributed by atoms with Gasteiger partial charge in [-0.2, -0.15) is 5.10 Å². The van der Waals surface area contributed by atoms with E-state index in [1.54, 1.807) is 10.9 Å². The van der Waals surface area contributed by atoms with E-state index in [-0.39, 0.29) is 5.69 Å². The van der Waals surface area contributed by atoms with E-state index in [4.69, 9.17) is 5.11 Å². The van der Waals surface area contributed by atoms with E-state index >= 15 is 0 Å². The molecule has 2 aromatic rings. The Kier molecular flexibility index (Phi) is 2.95. The molecule has 0 aliphatic rings. The summed E-state index contributed by atoms with van der Waals surface area (Å²) in [5, 5.41) is 12.8. The number of carboxylic acids is 1. The van der Waals surface area contributed by atoms with Crippen molar-refractivity contribution in [2.24, 2.45) is 0 Å². The molecular formula is C13H14N2O2. The second-order valence-electron chi connectivity index (χ2n) is 4.20. The number of nitrogens with zero attached hydrogens (tertiary/aromatic N) is 2. The first-order valence-electron chi connectivity index (χ1n) is 5.47. The Labute approximate surface area is 99.5 Å². The fraction of sp³-hybridized carbons (Fsp3) is 0.231. The van der Waals surface area contributed by atoms with Crippen LogP contribution in [0.1, 0.15) is 35.8 Å². The summed E-state index contributed by atoms with van der Waals surface area (Å²) in [4.78, 5) is 10.7. The van der Waals surface area contributed by atoms with Crippen LogP contribution in [0.25, 0.3) is 5.69 Å². The van der Waals surface area contributed by atoms with E-state index in [0.29, 0.717) is 5.92 Å². The van der Waals surface area contributed by atoms with Crippen molar-refractivity contribution in [3.05, 3.63) is 47.8 Å². The van der Waals surface area contributed by atoms with Crippen molar-refractivity contribution >= 4 is 5.97 Å². The summed E-state index contributed by atoms with van der Waals surface area (Å²) in [6.07, 6.45) is 1.66. The molecule has 0 radical (unpaired) electrons. The van der Waals surface area contributed by atoms with Crippen molar-refractivity contribution < 1.29 is 9.90 Å². The first-order valence-corrected chi connectivity index (χ1v) is 5.47. The lowest BCUT2D eigenvalue weighted by atomic mass is 10.0. The molecule has 1 aromatic heterocycles. The van der Waals surface area contributed by atoms with Crippen LogP contribution in [0.5, 0.6) is 0 Å². The topological polar surface area (TPSA) is 55.1 Å². The number of hydrogen-bond acceptors (Lipinski definition) is 2. The zero-order chi connectivity index (χ0) is 12.4. The third-order valence-corrected chi connectivity index (χ3v) is 2.61. The van der Waals surface area contributed by atoms with Crippen molar-refractivity contribution in [3.63, 3.8) is 0 Å². The van der Waals surface area contributed by atoms with Crippen LogP contribution >= 0.6 is 0 Å². The van der Waals surface area contributed by atoms with Gasteiger partial charge in [0.1, 0.15) is 0 Å². The minimum atomic E-state index is -1.01. The van der Waals surface area contributed by atoms with Gasteiger partial charge in [-0.05, 0) is 29.7 Å². The fourth-order valence-corrected chi connectivity index (χ4v) is 1.61. The average molecular weight is 230 g/mol. The first-order chi connectivity index (χ1) is 8.08. The molecule has 0 aliphatic carbocycles. The molecule has 88 valence electrons. The summed E-state index contributed by atoms with van der Waals surface area (Å²) >= 11 is 0. The van der Waals surface area contributed by atoms with E-state index in [0.717, 1.165) is 5.69 Å². The Bertz CT molecular complexity index is 544. The van der Waals surface area contributed by atoms with Crippen LogP contribution in [-0.4, -0.2) is 20.9 Å². The Morgan fingerprint density at radius 3 is 2.71 bits per heavy atom. The molecule has 4 nitrogen and oxygen atoms in total. The molecule has 0 saturated heterocycles. The van der Waals surface area contributed by atoms with Crippen LogP contribution in [-0.2, 0) is 0 Å². The molecule has 1 heterocycles. The quantitative estimate of drug-likeness (QED) is 0.882. The lowest BCUT2D eigenvalue weighted by Gasteiger charge is -2.07. The number of carboxylic acid groups (broad SMARTS) is 1. The third-order valence-electron chi connectivity index (χ3n) is 2.61. The Morgan fingerprint density at radius 2 is 2.12 bits per heavy atom. The van der Waals surface area contributed by atoms with Crippen LogP contribution in [0.15, 0.2) is 36.5 Å². The Morgan fingerprint density at radius 1 is 1.35 bits per heavy atom. The third kappa shape index (κ3) is 2.36. The standard InChI is InChI=1S/C13H14N2O2/c1-9(2)10-4-3-5-11(8-10)15-7-6-12(14-15)13(16)17/h3-9H,1-2H3,(H,16,17). The second kappa shape index (κ2) is 4.41. The molecule has 0 unspecified atom stereocenters. The molecular weight excluding hydrogens is 216 g/mol. The minimum Gasteiger partial charge on any atom is -0.476 e. The summed E-state index contributed by atoms with van der Waals surface area (Å²) in [6, 6.07) is 9.42. The summed E-state index contributed by atoms with van der Waals surface area (Å²) in [5.41, 5.74) is 2.14. The van der Waals surface area contributed by atoms with Crippen LogP contribution in [0.3, 0.4) is 0 Å². The van der Waals surface area contributed by atoms with E-state index in [1.165, 1.54) is 11.6 Å². The van der Waals surface area contributed by atoms with Crippen LogP contribution < -0.4 is 0 Å². The average Bonchev–Trinajstić information content (AvgIpc) is 2.78. The highest BCUT2D eigenvalue weighted by Gasteiger charge is 2.08. The SMILES string of the molecule is CC(C)c1cccc(-n2ccc(C(=O)O)n2)c1. The number of hydrogen-bond donors (Lipinski definition) is 1. The van der Waals surface area contributed by atoms with E-state index in [1.807, 2.05) is 18.2 Å². The van der Waals surface area contributed by atoms with Crippen molar-refractivity contribution in [3.8, 4) is 5.69 Å². The fourth-order valence-electron chi connectivity index (χ4n) is 1.61. The van der Waals surface area contributed by atoms with Gasteiger partial charge in [0.05, 0.1) is 5.69 Å². The van der Waals surface area contributed by atoms with Crippen LogP contribution in [0.4, 0.5) is 0 Å². The minimum absolute atomic E-state index is 0.0555. The Balaban J connectivity index is 2.38. The van der Waals surface area contributed by atoms with E-state index < -0.39 is 5.97 Å². The normalized spacial score (nSPS) is 10.8. The van der Waals surface area contributed by atoms with E-state index in [9.17, 15) is 4.79 Å². The summed E-state index contributed by atoms with van der Waals surface area (Å²) < 4.78 is 1.58. The second-order valence-corrected chi connectivity index (χ2v) is 4.20. The van der Waals surface area contributed by atoms with Gasteiger partial charge in [0.25, 0.3) is 0 Å². The monoisotopic (exact) mass is 230 g/mol. The maximum atomic E-state index is 10.7. The van der Waals surface area contributed by atoms with Crippen LogP contribution in [0.2, 0.25) is 0 Å². The highest BCUT2D eigenvalue weighted by molar-refractivity contribution is 5.85. The molecule has 0 atom stereocenters. The van der Waals surface area contributed by atoms with Gasteiger partial charge in [0.2, 0.25) is 0 Å². The molecule has 1 N–H and O–H groups in total. The molecule has 0 fully saturated rings. The van der Waals surface area contributed by atoms with E-state index in [2.05, 4.69) is 25.0 Å². The van der Waals surface area contributed by atoms with Gasteiger partial charge in [-0.1, -0.05) is 26.0 Å². The van der Waals surface area contributed by atoms with Gasteiger partial charge in [-0.15, -0.1) is 0 Å². The molecule has 1 aromatic carbocycles. The van der Waals surface area contributed by atoms with Crippen molar-refractivity contribution in [2.45, 2.75) is 19.8 Å². The molecule has 2 rings (SSSR count). The highest BCUT2D eigenvalue weighted by Crippen LogP contribution is 2.17. The molecule has 0 saturated carbocycles. The highest BCUT2D eigenvalue weighted by atomic mass is 16.4. The predicted octanol–water partition coefficient (Wildman–Crippen LogP) is 2.69.